The highest BCUT2D eigenvalue weighted by atomic mass is 19.1. The summed E-state index contributed by atoms with van der Waals surface area (Å²) in [4.78, 5) is 11.1. The fourth-order valence-electron chi connectivity index (χ4n) is 1.33. The molecule has 0 aliphatic rings. The van der Waals surface area contributed by atoms with Gasteiger partial charge in [0.1, 0.15) is 11.4 Å². The summed E-state index contributed by atoms with van der Waals surface area (Å²) in [6.07, 6.45) is 0.371. The molecule has 0 aliphatic carbocycles. The van der Waals surface area contributed by atoms with Gasteiger partial charge in [0, 0.05) is 0 Å². The first-order chi connectivity index (χ1) is 7.39. The lowest BCUT2D eigenvalue weighted by atomic mass is 9.98. The van der Waals surface area contributed by atoms with Crippen LogP contribution in [0.1, 0.15) is 25.8 Å². The molecular formula is C12H16FNO2. The number of carboxylic acid groups (broad SMARTS) is 1. The molecule has 1 rings (SSSR count). The smallest absolute Gasteiger partial charge is 0.329 e. The first kappa shape index (κ1) is 12.5. The minimum Gasteiger partial charge on any atom is -0.480 e. The van der Waals surface area contributed by atoms with Crippen molar-refractivity contribution in [1.29, 1.82) is 0 Å². The van der Waals surface area contributed by atoms with E-state index in [9.17, 15) is 9.18 Å². The molecule has 3 nitrogen and oxygen atoms in total. The molecule has 0 heterocycles. The van der Waals surface area contributed by atoms with Crippen molar-refractivity contribution in [2.45, 2.75) is 32.7 Å². The molecule has 1 aromatic rings. The van der Waals surface area contributed by atoms with E-state index in [0.717, 1.165) is 5.56 Å². The number of benzene rings is 1. The minimum atomic E-state index is -1.14. The Hall–Kier alpha value is -1.58. The van der Waals surface area contributed by atoms with Crippen molar-refractivity contribution in [3.05, 3.63) is 29.6 Å². The number of anilines is 1. The number of carbonyl (C=O) groups is 1. The second-order valence-electron chi connectivity index (χ2n) is 4.10. The van der Waals surface area contributed by atoms with Gasteiger partial charge in [0.15, 0.2) is 0 Å². The maximum atomic E-state index is 13.4. The van der Waals surface area contributed by atoms with E-state index >= 15 is 0 Å². The number of nitrogens with one attached hydrogen (secondary N) is 1. The molecule has 0 aliphatic heterocycles. The number of aliphatic carboxylic acids is 1. The van der Waals surface area contributed by atoms with Gasteiger partial charge in [0.25, 0.3) is 0 Å². The Balaban J connectivity index is 3.03. The minimum absolute atomic E-state index is 0.228. The van der Waals surface area contributed by atoms with Crippen LogP contribution in [0, 0.1) is 12.7 Å². The zero-order valence-corrected chi connectivity index (χ0v) is 9.67. The number of halogens is 1. The molecule has 0 aromatic heterocycles. The first-order valence-corrected chi connectivity index (χ1v) is 5.17. The maximum Gasteiger partial charge on any atom is 0.329 e. The van der Waals surface area contributed by atoms with Gasteiger partial charge >= 0.3 is 5.97 Å². The molecule has 1 aromatic carbocycles. The third-order valence-corrected chi connectivity index (χ3v) is 2.71. The topological polar surface area (TPSA) is 49.3 Å². The molecule has 0 spiro atoms. The predicted octanol–water partition coefficient (Wildman–Crippen LogP) is 2.80. The van der Waals surface area contributed by atoms with Crippen molar-refractivity contribution in [2.75, 3.05) is 5.32 Å². The number of carboxylic acids is 1. The van der Waals surface area contributed by atoms with E-state index in [1.165, 1.54) is 13.0 Å². The third kappa shape index (κ3) is 2.51. The number of hydrogen-bond donors (Lipinski definition) is 2. The second kappa shape index (κ2) is 4.51. The van der Waals surface area contributed by atoms with Crippen molar-refractivity contribution < 1.29 is 14.3 Å². The monoisotopic (exact) mass is 225 g/mol. The Morgan fingerprint density at radius 3 is 2.69 bits per heavy atom. The summed E-state index contributed by atoms with van der Waals surface area (Å²) in [6.45, 7) is 5.11. The molecule has 0 fully saturated rings. The summed E-state index contributed by atoms with van der Waals surface area (Å²) in [6, 6.07) is 4.58. The fraction of sp³-hybridized carbons (Fsp3) is 0.417. The normalized spacial score (nSPS) is 14.2. The van der Waals surface area contributed by atoms with Crippen LogP contribution in [0.15, 0.2) is 18.2 Å². The van der Waals surface area contributed by atoms with Crippen molar-refractivity contribution >= 4 is 11.7 Å². The maximum absolute atomic E-state index is 13.4. The van der Waals surface area contributed by atoms with Crippen molar-refractivity contribution in [3.8, 4) is 0 Å². The third-order valence-electron chi connectivity index (χ3n) is 2.71. The van der Waals surface area contributed by atoms with E-state index in [4.69, 9.17) is 5.11 Å². The summed E-state index contributed by atoms with van der Waals surface area (Å²) < 4.78 is 13.4. The van der Waals surface area contributed by atoms with Gasteiger partial charge in [-0.1, -0.05) is 13.0 Å². The zero-order chi connectivity index (χ0) is 12.3. The average Bonchev–Trinajstić information content (AvgIpc) is 2.23. The lowest BCUT2D eigenvalue weighted by molar-refractivity contribution is -0.141. The van der Waals surface area contributed by atoms with Crippen LogP contribution in [-0.4, -0.2) is 16.6 Å². The Morgan fingerprint density at radius 2 is 2.19 bits per heavy atom. The van der Waals surface area contributed by atoms with Gasteiger partial charge in [-0.25, -0.2) is 9.18 Å². The summed E-state index contributed by atoms with van der Waals surface area (Å²) in [5, 5.41) is 11.8. The molecule has 2 N–H and O–H groups in total. The molecule has 0 amide bonds. The highest BCUT2D eigenvalue weighted by Crippen LogP contribution is 2.22. The van der Waals surface area contributed by atoms with Gasteiger partial charge in [0.05, 0.1) is 5.69 Å². The quantitative estimate of drug-likeness (QED) is 0.828. The van der Waals surface area contributed by atoms with E-state index in [1.54, 1.807) is 19.1 Å². The van der Waals surface area contributed by atoms with E-state index in [-0.39, 0.29) is 5.69 Å². The number of hydrogen-bond acceptors (Lipinski definition) is 2. The van der Waals surface area contributed by atoms with Crippen molar-refractivity contribution in [2.24, 2.45) is 0 Å². The molecule has 16 heavy (non-hydrogen) atoms. The Bertz CT molecular complexity index is 406. The molecular weight excluding hydrogens is 209 g/mol. The van der Waals surface area contributed by atoms with E-state index in [2.05, 4.69) is 5.32 Å². The molecule has 1 atom stereocenters. The average molecular weight is 225 g/mol. The molecule has 0 bridgehead atoms. The highest BCUT2D eigenvalue weighted by molar-refractivity contribution is 5.82. The van der Waals surface area contributed by atoms with Gasteiger partial charge in [-0.2, -0.15) is 0 Å². The summed E-state index contributed by atoms with van der Waals surface area (Å²) in [7, 11) is 0. The molecule has 0 saturated heterocycles. The van der Waals surface area contributed by atoms with Crippen LogP contribution in [-0.2, 0) is 4.79 Å². The lowest BCUT2D eigenvalue weighted by Crippen LogP contribution is -2.42. The first-order valence-electron chi connectivity index (χ1n) is 5.17. The Morgan fingerprint density at radius 1 is 1.56 bits per heavy atom. The molecule has 1 unspecified atom stereocenters. The van der Waals surface area contributed by atoms with E-state index < -0.39 is 17.3 Å². The van der Waals surface area contributed by atoms with Gasteiger partial charge in [0.2, 0.25) is 0 Å². The second-order valence-corrected chi connectivity index (χ2v) is 4.10. The van der Waals surface area contributed by atoms with Crippen LogP contribution in [0.3, 0.4) is 0 Å². The van der Waals surface area contributed by atoms with E-state index in [0.29, 0.717) is 6.42 Å². The molecule has 0 saturated carbocycles. The number of rotatable bonds is 4. The van der Waals surface area contributed by atoms with Crippen LogP contribution in [0.5, 0.6) is 0 Å². The molecule has 88 valence electrons. The van der Waals surface area contributed by atoms with Crippen LogP contribution in [0.25, 0.3) is 0 Å². The molecule has 0 radical (unpaired) electrons. The largest absolute Gasteiger partial charge is 0.480 e. The van der Waals surface area contributed by atoms with Crippen LogP contribution in [0.4, 0.5) is 10.1 Å². The van der Waals surface area contributed by atoms with Crippen LogP contribution < -0.4 is 5.32 Å². The van der Waals surface area contributed by atoms with Crippen molar-refractivity contribution in [3.63, 3.8) is 0 Å². The van der Waals surface area contributed by atoms with Gasteiger partial charge in [-0.3, -0.25) is 0 Å². The van der Waals surface area contributed by atoms with Crippen LogP contribution in [0.2, 0.25) is 0 Å². The Labute approximate surface area is 94.3 Å². The lowest BCUT2D eigenvalue weighted by Gasteiger charge is -2.26. The predicted molar refractivity (Wildman–Crippen MR) is 61.1 cm³/mol. The SMILES string of the molecule is CCC(C)(Nc1cc(C)ccc1F)C(=O)O. The van der Waals surface area contributed by atoms with Crippen molar-refractivity contribution in [1.82, 2.24) is 0 Å². The summed E-state index contributed by atoms with van der Waals surface area (Å²) >= 11 is 0. The zero-order valence-electron chi connectivity index (χ0n) is 9.67. The van der Waals surface area contributed by atoms with Gasteiger partial charge < -0.3 is 10.4 Å². The van der Waals surface area contributed by atoms with Crippen LogP contribution >= 0.6 is 0 Å². The highest BCUT2D eigenvalue weighted by Gasteiger charge is 2.31. The van der Waals surface area contributed by atoms with Gasteiger partial charge in [-0.15, -0.1) is 0 Å². The summed E-state index contributed by atoms with van der Waals surface area (Å²) in [5.74, 6) is -1.43. The van der Waals surface area contributed by atoms with Gasteiger partial charge in [-0.05, 0) is 38.0 Å². The summed E-state index contributed by atoms with van der Waals surface area (Å²) in [5.41, 5.74) is -0.0336. The molecule has 4 heteroatoms. The standard InChI is InChI=1S/C12H16FNO2/c1-4-12(3,11(15)16)14-10-7-8(2)5-6-9(10)13/h5-7,14H,4H2,1-3H3,(H,15,16). The Kier molecular flexibility index (Phi) is 3.52. The van der Waals surface area contributed by atoms with E-state index in [1.807, 2.05) is 6.92 Å². The number of aryl methyl sites for hydroxylation is 1. The fourth-order valence-corrected chi connectivity index (χ4v) is 1.33.